The van der Waals surface area contributed by atoms with Gasteiger partial charge in [-0.05, 0) is 55.3 Å². The number of sulfonamides is 1. The molecule has 1 heterocycles. The van der Waals surface area contributed by atoms with E-state index in [2.05, 4.69) is 27.2 Å². The summed E-state index contributed by atoms with van der Waals surface area (Å²) in [5.74, 6) is 1.90. The minimum absolute atomic E-state index is 0.0716. The van der Waals surface area contributed by atoms with Gasteiger partial charge in [0.1, 0.15) is 11.3 Å². The number of thiazole rings is 1. The quantitative estimate of drug-likeness (QED) is 0.256. The predicted octanol–water partition coefficient (Wildman–Crippen LogP) is 2.71. The summed E-state index contributed by atoms with van der Waals surface area (Å²) < 4.78 is 27.7. The van der Waals surface area contributed by atoms with Gasteiger partial charge in [0.2, 0.25) is 10.0 Å². The zero-order valence-corrected chi connectivity index (χ0v) is 20.3. The Labute approximate surface area is 196 Å². The van der Waals surface area contributed by atoms with E-state index in [-0.39, 0.29) is 16.4 Å². The normalized spacial score (nSPS) is 11.9. The Morgan fingerprint density at radius 2 is 1.81 bits per heavy atom. The van der Waals surface area contributed by atoms with Crippen molar-refractivity contribution in [3.8, 4) is 5.75 Å². The van der Waals surface area contributed by atoms with E-state index in [9.17, 15) is 18.3 Å². The van der Waals surface area contributed by atoms with Gasteiger partial charge in [-0.3, -0.25) is 4.79 Å². The zero-order valence-electron chi connectivity index (χ0n) is 17.8. The number of aryl methyl sites for hydroxylation is 1. The second kappa shape index (κ2) is 12.4. The average molecular weight is 496 g/mol. The zero-order chi connectivity index (χ0) is 22.8. The van der Waals surface area contributed by atoms with Crippen molar-refractivity contribution in [3.63, 3.8) is 0 Å². The highest BCUT2D eigenvalue weighted by Crippen LogP contribution is 2.27. The van der Waals surface area contributed by atoms with Crippen molar-refractivity contribution < 1.29 is 13.5 Å². The summed E-state index contributed by atoms with van der Waals surface area (Å²) in [5.41, 5.74) is 2.76. The first-order chi connectivity index (χ1) is 15.4. The predicted molar refractivity (Wildman–Crippen MR) is 135 cm³/mol. The summed E-state index contributed by atoms with van der Waals surface area (Å²) in [7, 11) is -3.26. The van der Waals surface area contributed by atoms with E-state index in [1.165, 1.54) is 5.56 Å². The summed E-state index contributed by atoms with van der Waals surface area (Å²) >= 11 is 2.84. The smallest absolute Gasteiger partial charge is 0.305 e. The third kappa shape index (κ3) is 7.93. The SMILES string of the molecule is O=c1[nH]c2c(O)ccc(CCNCCCS(=O)(=O)NCCSCCc3ccccc3)c2s1. The van der Waals surface area contributed by atoms with Gasteiger partial charge in [0.05, 0.1) is 10.5 Å². The topological polar surface area (TPSA) is 111 Å². The lowest BCUT2D eigenvalue weighted by molar-refractivity contribution is 0.480. The lowest BCUT2D eigenvalue weighted by atomic mass is 10.1. The first-order valence-corrected chi connectivity index (χ1v) is 14.2. The molecular weight excluding hydrogens is 466 g/mol. The number of aromatic amines is 1. The highest BCUT2D eigenvalue weighted by atomic mass is 32.2. The van der Waals surface area contributed by atoms with Crippen molar-refractivity contribution >= 4 is 43.3 Å². The molecule has 3 aromatic rings. The molecule has 1 aromatic heterocycles. The Morgan fingerprint density at radius 1 is 1.00 bits per heavy atom. The molecule has 0 atom stereocenters. The molecule has 0 bridgehead atoms. The van der Waals surface area contributed by atoms with Gasteiger partial charge in [-0.15, -0.1) is 0 Å². The number of benzene rings is 2. The highest BCUT2D eigenvalue weighted by Gasteiger charge is 2.10. The molecule has 0 unspecified atom stereocenters. The lowest BCUT2D eigenvalue weighted by Crippen LogP contribution is -2.30. The van der Waals surface area contributed by atoms with Crippen LogP contribution in [0, 0.1) is 0 Å². The largest absolute Gasteiger partial charge is 0.506 e. The van der Waals surface area contributed by atoms with E-state index in [0.29, 0.717) is 38.0 Å². The van der Waals surface area contributed by atoms with Crippen molar-refractivity contribution in [3.05, 3.63) is 63.3 Å². The van der Waals surface area contributed by atoms with E-state index in [0.717, 1.165) is 39.5 Å². The van der Waals surface area contributed by atoms with Crippen molar-refractivity contribution in [1.82, 2.24) is 15.0 Å². The molecule has 0 spiro atoms. The molecule has 0 amide bonds. The van der Waals surface area contributed by atoms with Crippen molar-refractivity contribution in [2.24, 2.45) is 0 Å². The molecule has 0 aliphatic carbocycles. The van der Waals surface area contributed by atoms with Gasteiger partial charge in [-0.2, -0.15) is 11.8 Å². The summed E-state index contributed by atoms with van der Waals surface area (Å²) in [4.78, 5) is 14.0. The molecule has 3 rings (SSSR count). The van der Waals surface area contributed by atoms with Crippen LogP contribution in [0.3, 0.4) is 0 Å². The van der Waals surface area contributed by atoms with E-state index in [1.54, 1.807) is 17.8 Å². The molecule has 0 aliphatic heterocycles. The van der Waals surface area contributed by atoms with Crippen LogP contribution in [0.2, 0.25) is 0 Å². The Bertz CT molecular complexity index is 1140. The molecule has 0 aliphatic rings. The molecule has 2 aromatic carbocycles. The van der Waals surface area contributed by atoms with Gasteiger partial charge in [0, 0.05) is 12.3 Å². The maximum atomic E-state index is 12.1. The second-order valence-electron chi connectivity index (χ2n) is 7.38. The van der Waals surface area contributed by atoms with Crippen LogP contribution in [0.25, 0.3) is 10.2 Å². The fraction of sp³-hybridized carbons (Fsp3) is 0.409. The summed E-state index contributed by atoms with van der Waals surface area (Å²) in [6.07, 6.45) is 2.21. The van der Waals surface area contributed by atoms with Gasteiger partial charge >= 0.3 is 4.87 Å². The van der Waals surface area contributed by atoms with Gasteiger partial charge < -0.3 is 15.4 Å². The van der Waals surface area contributed by atoms with Gasteiger partial charge in [0.25, 0.3) is 0 Å². The molecule has 10 heteroatoms. The van der Waals surface area contributed by atoms with E-state index in [4.69, 9.17) is 0 Å². The first-order valence-electron chi connectivity index (χ1n) is 10.6. The first kappa shape index (κ1) is 24.8. The molecule has 174 valence electrons. The maximum Gasteiger partial charge on any atom is 0.305 e. The number of fused-ring (bicyclic) bond motifs is 1. The van der Waals surface area contributed by atoms with Crippen LogP contribution >= 0.6 is 23.1 Å². The monoisotopic (exact) mass is 495 g/mol. The molecule has 4 N–H and O–H groups in total. The number of hydrogen-bond acceptors (Lipinski definition) is 7. The van der Waals surface area contributed by atoms with Crippen molar-refractivity contribution in [2.75, 3.05) is 36.9 Å². The third-order valence-corrected chi connectivity index (χ3v) is 8.34. The molecular formula is C22H29N3O4S3. The molecule has 7 nitrogen and oxygen atoms in total. The highest BCUT2D eigenvalue weighted by molar-refractivity contribution is 7.99. The number of aromatic nitrogens is 1. The van der Waals surface area contributed by atoms with Crippen LogP contribution in [-0.2, 0) is 22.9 Å². The standard InChI is InChI=1S/C22H29N3O4S3/c26-19-8-7-18(21-20(19)25-22(27)31-21)9-12-23-11-4-16-32(28,29)24-13-15-30-14-10-17-5-2-1-3-6-17/h1-3,5-8,23-24,26H,4,9-16H2,(H,25,27). The van der Waals surface area contributed by atoms with Crippen LogP contribution in [0.5, 0.6) is 5.75 Å². The number of thioether (sulfide) groups is 1. The average Bonchev–Trinajstić information content (AvgIpc) is 3.18. The van der Waals surface area contributed by atoms with Crippen LogP contribution in [0.4, 0.5) is 0 Å². The Morgan fingerprint density at radius 3 is 2.62 bits per heavy atom. The molecule has 0 saturated carbocycles. The van der Waals surface area contributed by atoms with E-state index >= 15 is 0 Å². The Hall–Kier alpha value is -1.85. The maximum absolute atomic E-state index is 12.1. The van der Waals surface area contributed by atoms with Gasteiger partial charge in [0.15, 0.2) is 0 Å². The van der Waals surface area contributed by atoms with Gasteiger partial charge in [-0.1, -0.05) is 47.7 Å². The van der Waals surface area contributed by atoms with Crippen LogP contribution < -0.4 is 14.9 Å². The van der Waals surface area contributed by atoms with E-state index < -0.39 is 10.0 Å². The van der Waals surface area contributed by atoms with Gasteiger partial charge in [-0.25, -0.2) is 13.1 Å². The minimum atomic E-state index is -3.26. The molecule has 32 heavy (non-hydrogen) atoms. The fourth-order valence-electron chi connectivity index (χ4n) is 3.28. The molecule has 0 saturated heterocycles. The van der Waals surface area contributed by atoms with Crippen LogP contribution in [-0.4, -0.2) is 55.4 Å². The molecule has 0 radical (unpaired) electrons. The summed E-state index contributed by atoms with van der Waals surface area (Å²) in [6.45, 7) is 1.71. The van der Waals surface area contributed by atoms with Crippen LogP contribution in [0.15, 0.2) is 47.3 Å². The number of nitrogens with one attached hydrogen (secondary N) is 3. The number of aromatic hydroxyl groups is 1. The van der Waals surface area contributed by atoms with Crippen molar-refractivity contribution in [1.29, 1.82) is 0 Å². The van der Waals surface area contributed by atoms with E-state index in [1.807, 2.05) is 24.3 Å². The number of phenols is 1. The Kier molecular flexibility index (Phi) is 9.61. The Balaban J connectivity index is 1.26. The number of H-pyrrole nitrogens is 1. The molecule has 0 fully saturated rings. The third-order valence-electron chi connectivity index (χ3n) is 4.92. The number of rotatable bonds is 14. The number of hydrogen-bond donors (Lipinski definition) is 4. The fourth-order valence-corrected chi connectivity index (χ4v) is 6.22. The second-order valence-corrected chi connectivity index (χ2v) is 11.5. The van der Waals surface area contributed by atoms with Crippen molar-refractivity contribution in [2.45, 2.75) is 19.3 Å². The number of phenolic OH excluding ortho intramolecular Hbond substituents is 1. The summed E-state index contributed by atoms with van der Waals surface area (Å²) in [5, 5.41) is 13.1. The summed E-state index contributed by atoms with van der Waals surface area (Å²) in [6, 6.07) is 13.7. The lowest BCUT2D eigenvalue weighted by Gasteiger charge is -2.08. The minimum Gasteiger partial charge on any atom is -0.506 e. The van der Waals surface area contributed by atoms with Crippen LogP contribution in [0.1, 0.15) is 17.5 Å².